The van der Waals surface area contributed by atoms with Gasteiger partial charge in [0.05, 0.1) is 11.2 Å². The van der Waals surface area contributed by atoms with Crippen LogP contribution in [-0.4, -0.2) is 28.0 Å². The molecule has 0 N–H and O–H groups in total. The zero-order valence-corrected chi connectivity index (χ0v) is 9.76. The second-order valence-corrected chi connectivity index (χ2v) is 5.07. The van der Waals surface area contributed by atoms with Gasteiger partial charge in [-0.25, -0.2) is 9.97 Å². The Morgan fingerprint density at radius 3 is 2.76 bits per heavy atom. The van der Waals surface area contributed by atoms with E-state index >= 15 is 0 Å². The van der Waals surface area contributed by atoms with Crippen LogP contribution in [0.4, 0.5) is 0 Å². The van der Waals surface area contributed by atoms with E-state index in [1.807, 2.05) is 0 Å². The molecule has 1 saturated heterocycles. The lowest BCUT2D eigenvalue weighted by molar-refractivity contribution is -0.137. The molecule has 3 rings (SSSR count). The van der Waals surface area contributed by atoms with Crippen LogP contribution in [0.3, 0.4) is 0 Å². The largest absolute Gasteiger partial charge is 0.375 e. The van der Waals surface area contributed by atoms with Crippen molar-refractivity contribution in [2.24, 2.45) is 5.92 Å². The van der Waals surface area contributed by atoms with E-state index in [0.29, 0.717) is 12.2 Å². The summed E-state index contributed by atoms with van der Waals surface area (Å²) in [6.45, 7) is 0.712. The minimum absolute atomic E-state index is 0.0220. The quantitative estimate of drug-likeness (QED) is 0.732. The first-order chi connectivity index (χ1) is 8.29. The van der Waals surface area contributed by atoms with Crippen molar-refractivity contribution in [2.75, 3.05) is 6.61 Å². The fraction of sp³-hybridized carbons (Fsp3) is 0.615. The number of ketones is 1. The molecule has 1 atom stereocenters. The molecule has 1 aromatic rings. The van der Waals surface area contributed by atoms with Gasteiger partial charge in [-0.1, -0.05) is 0 Å². The molecule has 2 heterocycles. The smallest absolute Gasteiger partial charge is 0.169 e. The first kappa shape index (κ1) is 10.8. The lowest BCUT2D eigenvalue weighted by atomic mass is 9.71. The highest BCUT2D eigenvalue weighted by atomic mass is 16.5. The Bertz CT molecular complexity index is 415. The molecular weight excluding hydrogens is 216 g/mol. The van der Waals surface area contributed by atoms with Crippen molar-refractivity contribution in [2.45, 2.75) is 37.7 Å². The average molecular weight is 232 g/mol. The number of nitrogens with zero attached hydrogens (tertiary/aromatic N) is 2. The van der Waals surface area contributed by atoms with Crippen molar-refractivity contribution in [3.8, 4) is 0 Å². The molecule has 90 valence electrons. The molecule has 17 heavy (non-hydrogen) atoms. The molecule has 0 amide bonds. The molecule has 1 unspecified atom stereocenters. The highest BCUT2D eigenvalue weighted by Gasteiger charge is 2.44. The van der Waals surface area contributed by atoms with Crippen molar-refractivity contribution >= 4 is 5.78 Å². The van der Waals surface area contributed by atoms with Gasteiger partial charge < -0.3 is 4.74 Å². The summed E-state index contributed by atoms with van der Waals surface area (Å²) in [5, 5.41) is 0. The predicted octanol–water partition coefficient (Wildman–Crippen LogP) is 2.01. The van der Waals surface area contributed by atoms with E-state index < -0.39 is 0 Å². The highest BCUT2D eigenvalue weighted by molar-refractivity contribution is 5.97. The maximum absolute atomic E-state index is 12.3. The first-order valence-corrected chi connectivity index (χ1v) is 6.22. The predicted molar refractivity (Wildman–Crippen MR) is 61.6 cm³/mol. The Hall–Kier alpha value is -1.29. The van der Waals surface area contributed by atoms with Gasteiger partial charge in [0.25, 0.3) is 0 Å². The van der Waals surface area contributed by atoms with Crippen LogP contribution < -0.4 is 0 Å². The molecule has 1 saturated carbocycles. The van der Waals surface area contributed by atoms with Gasteiger partial charge in [0, 0.05) is 24.9 Å². The van der Waals surface area contributed by atoms with Crippen LogP contribution in [0.1, 0.15) is 42.5 Å². The molecule has 0 bridgehead atoms. The summed E-state index contributed by atoms with van der Waals surface area (Å²) in [6, 6.07) is 0. The molecule has 4 heteroatoms. The molecule has 2 aliphatic rings. The monoisotopic (exact) mass is 232 g/mol. The minimum atomic E-state index is 0.0220. The number of Topliss-reactive ketones (excluding diaryl/α,β-unsaturated/α-hetero) is 1. The summed E-state index contributed by atoms with van der Waals surface area (Å²) in [6.07, 6.45) is 9.83. The number of hydrogen-bond acceptors (Lipinski definition) is 4. The van der Waals surface area contributed by atoms with Crippen LogP contribution in [0.25, 0.3) is 0 Å². The zero-order chi connectivity index (χ0) is 11.7. The molecule has 2 fully saturated rings. The van der Waals surface area contributed by atoms with Crippen molar-refractivity contribution in [1.29, 1.82) is 0 Å². The van der Waals surface area contributed by atoms with Gasteiger partial charge in [0.1, 0.15) is 6.33 Å². The Morgan fingerprint density at radius 1 is 1.35 bits per heavy atom. The number of rotatable bonds is 2. The normalized spacial score (nSPS) is 26.5. The summed E-state index contributed by atoms with van der Waals surface area (Å²) in [5.74, 6) is 0.273. The third-order valence-electron chi connectivity index (χ3n) is 3.97. The second-order valence-electron chi connectivity index (χ2n) is 5.07. The highest BCUT2D eigenvalue weighted by Crippen LogP contribution is 2.44. The molecule has 1 aromatic heterocycles. The summed E-state index contributed by atoms with van der Waals surface area (Å²) < 4.78 is 5.83. The van der Waals surface area contributed by atoms with E-state index in [9.17, 15) is 4.79 Å². The maximum Gasteiger partial charge on any atom is 0.169 e. The van der Waals surface area contributed by atoms with Crippen molar-refractivity contribution in [3.63, 3.8) is 0 Å². The molecule has 1 spiro atoms. The van der Waals surface area contributed by atoms with Gasteiger partial charge in [-0.3, -0.25) is 4.79 Å². The van der Waals surface area contributed by atoms with Gasteiger partial charge in [0.15, 0.2) is 5.78 Å². The Labute approximate surface area is 100 Å². The summed E-state index contributed by atoms with van der Waals surface area (Å²) in [7, 11) is 0. The lowest BCUT2D eigenvalue weighted by Crippen LogP contribution is -2.47. The molecule has 1 aliphatic heterocycles. The Balaban J connectivity index is 1.74. The summed E-state index contributed by atoms with van der Waals surface area (Å²) >= 11 is 0. The average Bonchev–Trinajstić information content (AvgIpc) is 2.37. The first-order valence-electron chi connectivity index (χ1n) is 6.22. The van der Waals surface area contributed by atoms with E-state index in [4.69, 9.17) is 4.74 Å². The zero-order valence-electron chi connectivity index (χ0n) is 9.76. The van der Waals surface area contributed by atoms with Crippen molar-refractivity contribution < 1.29 is 9.53 Å². The van der Waals surface area contributed by atoms with Crippen molar-refractivity contribution in [1.82, 2.24) is 9.97 Å². The van der Waals surface area contributed by atoms with Gasteiger partial charge in [-0.2, -0.15) is 0 Å². The second kappa shape index (κ2) is 4.18. The molecule has 4 nitrogen and oxygen atoms in total. The van der Waals surface area contributed by atoms with Gasteiger partial charge in [0.2, 0.25) is 0 Å². The van der Waals surface area contributed by atoms with Crippen LogP contribution >= 0.6 is 0 Å². The fourth-order valence-corrected chi connectivity index (χ4v) is 2.83. The minimum Gasteiger partial charge on any atom is -0.375 e. The lowest BCUT2D eigenvalue weighted by Gasteiger charge is -2.46. The van der Waals surface area contributed by atoms with E-state index in [-0.39, 0.29) is 17.3 Å². The third kappa shape index (κ3) is 1.97. The van der Waals surface area contributed by atoms with E-state index in [1.165, 1.54) is 12.7 Å². The molecular formula is C13H16N2O2. The van der Waals surface area contributed by atoms with Gasteiger partial charge in [-0.15, -0.1) is 0 Å². The Kier molecular flexibility index (Phi) is 2.67. The number of ether oxygens (including phenoxy) is 1. The summed E-state index contributed by atoms with van der Waals surface area (Å²) in [5.41, 5.74) is 0.655. The molecule has 0 radical (unpaired) electrons. The number of carbonyl (C=O) groups is 1. The van der Waals surface area contributed by atoms with E-state index in [0.717, 1.165) is 25.7 Å². The summed E-state index contributed by atoms with van der Waals surface area (Å²) in [4.78, 5) is 20.1. The van der Waals surface area contributed by atoms with E-state index in [1.54, 1.807) is 12.4 Å². The Morgan fingerprint density at radius 2 is 2.12 bits per heavy atom. The maximum atomic E-state index is 12.3. The van der Waals surface area contributed by atoms with Crippen LogP contribution in [0.5, 0.6) is 0 Å². The topological polar surface area (TPSA) is 52.1 Å². The standard InChI is InChI=1S/C13H16N2O2/c16-12(11-7-14-9-15-8-11)10-2-5-17-13(6-10)3-1-4-13/h7-10H,1-6H2. The van der Waals surface area contributed by atoms with E-state index in [2.05, 4.69) is 9.97 Å². The third-order valence-corrected chi connectivity index (χ3v) is 3.97. The number of carbonyl (C=O) groups excluding carboxylic acids is 1. The number of aromatic nitrogens is 2. The van der Waals surface area contributed by atoms with Gasteiger partial charge in [-0.05, 0) is 32.1 Å². The fourth-order valence-electron chi connectivity index (χ4n) is 2.83. The molecule has 0 aromatic carbocycles. The van der Waals surface area contributed by atoms with Crippen LogP contribution in [0.15, 0.2) is 18.7 Å². The van der Waals surface area contributed by atoms with Crippen LogP contribution in [-0.2, 0) is 4.74 Å². The van der Waals surface area contributed by atoms with Crippen molar-refractivity contribution in [3.05, 3.63) is 24.3 Å². The van der Waals surface area contributed by atoms with Gasteiger partial charge >= 0.3 is 0 Å². The van der Waals surface area contributed by atoms with Crippen LogP contribution in [0.2, 0.25) is 0 Å². The SMILES string of the molecule is O=C(c1cncnc1)C1CCOC2(CCC2)C1. The number of hydrogen-bond donors (Lipinski definition) is 0. The molecule has 1 aliphatic carbocycles. The van der Waals surface area contributed by atoms with Crippen LogP contribution in [0, 0.1) is 5.92 Å².